The van der Waals surface area contributed by atoms with Crippen LogP contribution in [0.25, 0.3) is 0 Å². The van der Waals surface area contributed by atoms with Crippen molar-refractivity contribution in [2.45, 2.75) is 52.4 Å². The van der Waals surface area contributed by atoms with Gasteiger partial charge in [0.15, 0.2) is 0 Å². The van der Waals surface area contributed by atoms with Crippen LogP contribution in [0.5, 0.6) is 0 Å². The van der Waals surface area contributed by atoms with Crippen LogP contribution in [0, 0.1) is 13.8 Å². The van der Waals surface area contributed by atoms with Crippen LogP contribution < -0.4 is 0 Å². The van der Waals surface area contributed by atoms with Gasteiger partial charge in [-0.15, -0.1) is 0 Å². The largest absolute Gasteiger partial charge is 0.0584 e. The van der Waals surface area contributed by atoms with Crippen molar-refractivity contribution in [2.75, 3.05) is 0 Å². The second-order valence-electron chi connectivity index (χ2n) is 5.54. The van der Waals surface area contributed by atoms with Gasteiger partial charge in [0.25, 0.3) is 0 Å². The molecule has 2 rings (SSSR count). The molecule has 14 heavy (non-hydrogen) atoms. The average Bonchev–Trinajstić information content (AvgIpc) is 2.21. The normalized spacial score (nSPS) is 23.6. The molecule has 0 aromatic heterocycles. The molecule has 1 aliphatic rings. The van der Waals surface area contributed by atoms with Gasteiger partial charge < -0.3 is 0 Å². The van der Waals surface area contributed by atoms with E-state index in [2.05, 4.69) is 46.8 Å². The van der Waals surface area contributed by atoms with Crippen molar-refractivity contribution in [3.63, 3.8) is 0 Å². The minimum absolute atomic E-state index is 0.381. The summed E-state index contributed by atoms with van der Waals surface area (Å²) in [5, 5.41) is 0. The third-order valence-corrected chi connectivity index (χ3v) is 3.53. The number of aryl methyl sites for hydroxylation is 2. The Labute approximate surface area is 87.3 Å². The van der Waals surface area contributed by atoms with E-state index < -0.39 is 0 Å². The molecule has 0 bridgehead atoms. The van der Waals surface area contributed by atoms with Gasteiger partial charge in [-0.2, -0.15) is 0 Å². The van der Waals surface area contributed by atoms with Crippen molar-refractivity contribution in [3.8, 4) is 0 Å². The summed E-state index contributed by atoms with van der Waals surface area (Å²) in [4.78, 5) is 0. The first-order valence-electron chi connectivity index (χ1n) is 5.53. The van der Waals surface area contributed by atoms with Crippen LogP contribution in [0.2, 0.25) is 0 Å². The molecular weight excluding hydrogens is 168 g/mol. The molecular formula is C14H20. The fraction of sp³-hybridized carbons (Fsp3) is 0.571. The van der Waals surface area contributed by atoms with E-state index >= 15 is 0 Å². The van der Waals surface area contributed by atoms with E-state index in [1.165, 1.54) is 17.5 Å². The maximum Gasteiger partial charge on any atom is -0.00924 e. The van der Waals surface area contributed by atoms with Crippen molar-refractivity contribution < 1.29 is 0 Å². The van der Waals surface area contributed by atoms with Gasteiger partial charge in [0.2, 0.25) is 0 Å². The molecule has 0 saturated heterocycles. The van der Waals surface area contributed by atoms with E-state index in [-0.39, 0.29) is 0 Å². The first-order valence-corrected chi connectivity index (χ1v) is 5.53. The van der Waals surface area contributed by atoms with Gasteiger partial charge in [0.05, 0.1) is 0 Å². The number of rotatable bonds is 0. The number of benzene rings is 1. The van der Waals surface area contributed by atoms with Gasteiger partial charge in [-0.3, -0.25) is 0 Å². The zero-order chi connectivity index (χ0) is 10.5. The summed E-state index contributed by atoms with van der Waals surface area (Å²) < 4.78 is 0. The fourth-order valence-corrected chi connectivity index (χ4v) is 3.29. The lowest BCUT2D eigenvalue weighted by Crippen LogP contribution is -2.13. The molecule has 1 aromatic rings. The Morgan fingerprint density at radius 3 is 2.50 bits per heavy atom. The smallest absolute Gasteiger partial charge is 0.00924 e. The molecule has 1 atom stereocenters. The number of hydrogen-bond donors (Lipinski definition) is 0. The number of hydrogen-bond acceptors (Lipinski definition) is 0. The summed E-state index contributed by atoms with van der Waals surface area (Å²) in [6.45, 7) is 11.6. The monoisotopic (exact) mass is 188 g/mol. The zero-order valence-electron chi connectivity index (χ0n) is 9.94. The SMILES string of the molecule is Cc1cc(C)c2c(c1)C(C)CC2(C)C. The van der Waals surface area contributed by atoms with Gasteiger partial charge >= 0.3 is 0 Å². The fourth-order valence-electron chi connectivity index (χ4n) is 3.29. The minimum Gasteiger partial charge on any atom is -0.0584 e. The summed E-state index contributed by atoms with van der Waals surface area (Å²) in [6.07, 6.45) is 1.30. The molecule has 0 spiro atoms. The van der Waals surface area contributed by atoms with Crippen molar-refractivity contribution in [1.29, 1.82) is 0 Å². The molecule has 0 aliphatic heterocycles. The second-order valence-corrected chi connectivity index (χ2v) is 5.54. The van der Waals surface area contributed by atoms with Gasteiger partial charge in [0, 0.05) is 0 Å². The standard InChI is InChI=1S/C14H20/c1-9-6-10(2)13-12(7-9)11(3)8-14(13,4)5/h6-7,11H,8H2,1-5H3. The summed E-state index contributed by atoms with van der Waals surface area (Å²) in [7, 11) is 0. The molecule has 0 heteroatoms. The van der Waals surface area contributed by atoms with Crippen molar-refractivity contribution in [3.05, 3.63) is 34.4 Å². The first-order chi connectivity index (χ1) is 6.42. The van der Waals surface area contributed by atoms with Gasteiger partial charge in [-0.05, 0) is 48.3 Å². The maximum atomic E-state index is 2.38. The van der Waals surface area contributed by atoms with Crippen LogP contribution in [0.1, 0.15) is 55.4 Å². The van der Waals surface area contributed by atoms with Gasteiger partial charge in [0.1, 0.15) is 0 Å². The van der Waals surface area contributed by atoms with Crippen LogP contribution in [-0.2, 0) is 5.41 Å². The van der Waals surface area contributed by atoms with Crippen LogP contribution in [-0.4, -0.2) is 0 Å². The predicted octanol–water partition coefficient (Wildman–Crippen LogP) is 4.09. The third-order valence-electron chi connectivity index (χ3n) is 3.53. The zero-order valence-corrected chi connectivity index (χ0v) is 9.94. The van der Waals surface area contributed by atoms with Crippen LogP contribution in [0.3, 0.4) is 0 Å². The average molecular weight is 188 g/mol. The van der Waals surface area contributed by atoms with E-state index in [1.54, 1.807) is 11.1 Å². The molecule has 1 unspecified atom stereocenters. The molecule has 1 aliphatic carbocycles. The molecule has 0 nitrogen and oxygen atoms in total. The molecule has 1 aromatic carbocycles. The first kappa shape index (κ1) is 9.76. The van der Waals surface area contributed by atoms with Crippen LogP contribution in [0.15, 0.2) is 12.1 Å². The Morgan fingerprint density at radius 2 is 1.86 bits per heavy atom. The molecule has 76 valence electrons. The lowest BCUT2D eigenvalue weighted by atomic mass is 9.83. The topological polar surface area (TPSA) is 0 Å². The molecule has 0 fully saturated rings. The van der Waals surface area contributed by atoms with E-state index in [4.69, 9.17) is 0 Å². The predicted molar refractivity (Wildman–Crippen MR) is 62.0 cm³/mol. The third kappa shape index (κ3) is 1.28. The van der Waals surface area contributed by atoms with E-state index in [0.717, 1.165) is 5.92 Å². The van der Waals surface area contributed by atoms with Crippen molar-refractivity contribution in [2.24, 2.45) is 0 Å². The Kier molecular flexibility index (Phi) is 1.99. The number of fused-ring (bicyclic) bond motifs is 1. The van der Waals surface area contributed by atoms with Crippen LogP contribution >= 0.6 is 0 Å². The second kappa shape index (κ2) is 2.85. The Bertz CT molecular complexity index is 372. The highest BCUT2D eigenvalue weighted by Gasteiger charge is 2.35. The lowest BCUT2D eigenvalue weighted by Gasteiger charge is -2.21. The van der Waals surface area contributed by atoms with Gasteiger partial charge in [-0.1, -0.05) is 38.5 Å². The Morgan fingerprint density at radius 1 is 1.21 bits per heavy atom. The minimum atomic E-state index is 0.381. The van der Waals surface area contributed by atoms with Crippen molar-refractivity contribution >= 4 is 0 Å². The summed E-state index contributed by atoms with van der Waals surface area (Å²) >= 11 is 0. The highest BCUT2D eigenvalue weighted by atomic mass is 14.4. The van der Waals surface area contributed by atoms with E-state index in [1.807, 2.05) is 0 Å². The van der Waals surface area contributed by atoms with Crippen LogP contribution in [0.4, 0.5) is 0 Å². The highest BCUT2D eigenvalue weighted by Crippen LogP contribution is 2.47. The van der Waals surface area contributed by atoms with Gasteiger partial charge in [-0.25, -0.2) is 0 Å². The van der Waals surface area contributed by atoms with Crippen molar-refractivity contribution in [1.82, 2.24) is 0 Å². The molecule has 0 N–H and O–H groups in total. The summed E-state index contributed by atoms with van der Waals surface area (Å²) in [5.74, 6) is 0.735. The highest BCUT2D eigenvalue weighted by molar-refractivity contribution is 5.48. The quantitative estimate of drug-likeness (QED) is 0.575. The Hall–Kier alpha value is -0.780. The molecule has 0 heterocycles. The summed E-state index contributed by atoms with van der Waals surface area (Å²) in [6, 6.07) is 4.69. The maximum absolute atomic E-state index is 2.38. The Balaban J connectivity index is 2.69. The lowest BCUT2D eigenvalue weighted by molar-refractivity contribution is 0.487. The molecule has 0 amide bonds. The van der Waals surface area contributed by atoms with E-state index in [0.29, 0.717) is 5.41 Å². The molecule has 0 radical (unpaired) electrons. The molecule has 0 saturated carbocycles. The summed E-state index contributed by atoms with van der Waals surface area (Å²) in [5.41, 5.74) is 6.47. The van der Waals surface area contributed by atoms with E-state index in [9.17, 15) is 0 Å².